The third-order valence-electron chi connectivity index (χ3n) is 7.26. The van der Waals surface area contributed by atoms with E-state index in [2.05, 4.69) is 43.9 Å². The molecule has 0 bridgehead atoms. The summed E-state index contributed by atoms with van der Waals surface area (Å²) in [6.45, 7) is 5.99. The second-order valence-electron chi connectivity index (χ2n) is 10.1. The zero-order valence-corrected chi connectivity index (χ0v) is 21.2. The Balaban J connectivity index is 1.16. The highest BCUT2D eigenvalue weighted by molar-refractivity contribution is 5.99. The molecule has 9 heteroatoms. The van der Waals surface area contributed by atoms with Crippen LogP contribution in [0.5, 0.6) is 5.75 Å². The lowest BCUT2D eigenvalue weighted by Crippen LogP contribution is -2.33. The van der Waals surface area contributed by atoms with E-state index in [0.717, 1.165) is 61.2 Å². The zero-order chi connectivity index (χ0) is 26.7. The molecule has 0 saturated carbocycles. The minimum atomic E-state index is -4.87. The Morgan fingerprint density at radius 3 is 2.32 bits per heavy atom. The van der Waals surface area contributed by atoms with Crippen LogP contribution in [0.1, 0.15) is 51.0 Å². The summed E-state index contributed by atoms with van der Waals surface area (Å²) in [4.78, 5) is 29.2. The number of aryl methyl sites for hydroxylation is 1. The van der Waals surface area contributed by atoms with E-state index < -0.39 is 6.36 Å². The van der Waals surface area contributed by atoms with Crippen LogP contribution in [0, 0.1) is 12.8 Å². The van der Waals surface area contributed by atoms with Crippen LogP contribution >= 0.6 is 0 Å². The molecule has 200 valence electrons. The second kappa shape index (κ2) is 11.1. The number of nitrogens with zero attached hydrogens (tertiary/aromatic N) is 3. The van der Waals surface area contributed by atoms with Gasteiger partial charge in [0, 0.05) is 37.6 Å². The number of alkyl halides is 3. The molecule has 2 aliphatic heterocycles. The number of rotatable bonds is 8. The van der Waals surface area contributed by atoms with Crippen molar-refractivity contribution >= 4 is 5.91 Å². The first-order valence-electron chi connectivity index (χ1n) is 12.8. The molecule has 0 aliphatic carbocycles. The Morgan fingerprint density at radius 1 is 0.947 bits per heavy atom. The highest BCUT2D eigenvalue weighted by atomic mass is 19.4. The van der Waals surface area contributed by atoms with Gasteiger partial charge in [-0.15, -0.1) is 13.2 Å². The average Bonchev–Trinajstić information content (AvgIpc) is 3.20. The molecule has 38 heavy (non-hydrogen) atoms. The molecule has 3 heterocycles. The van der Waals surface area contributed by atoms with Crippen LogP contribution in [0.2, 0.25) is 0 Å². The van der Waals surface area contributed by atoms with E-state index in [-0.39, 0.29) is 11.7 Å². The summed E-state index contributed by atoms with van der Waals surface area (Å²) in [6, 6.07) is 14.5. The van der Waals surface area contributed by atoms with Crippen molar-refractivity contribution in [3.8, 4) is 5.75 Å². The summed E-state index contributed by atoms with van der Waals surface area (Å²) < 4.78 is 36.5. The topological polar surface area (TPSA) is 54.9 Å². The van der Waals surface area contributed by atoms with Crippen LogP contribution in [0.15, 0.2) is 60.9 Å². The van der Waals surface area contributed by atoms with Gasteiger partial charge in [0.2, 0.25) is 0 Å². The maximum absolute atomic E-state index is 13.1. The predicted molar refractivity (Wildman–Crippen MR) is 135 cm³/mol. The minimum Gasteiger partial charge on any atom is -0.330 e. The molecule has 0 radical (unpaired) electrons. The number of likely N-dealkylation sites (tertiary alicyclic amines) is 1. The summed E-state index contributed by atoms with van der Waals surface area (Å²) in [6.07, 6.45) is 2.12. The third-order valence-corrected chi connectivity index (χ3v) is 7.26. The maximum atomic E-state index is 13.1. The van der Waals surface area contributed by atoms with Crippen LogP contribution in [-0.4, -0.2) is 40.1 Å². The summed E-state index contributed by atoms with van der Waals surface area (Å²) in [5, 5.41) is 0. The van der Waals surface area contributed by atoms with Crippen molar-refractivity contribution in [2.24, 2.45) is 5.92 Å². The summed E-state index contributed by atoms with van der Waals surface area (Å²) in [5.74, 6) is 0.538. The van der Waals surface area contributed by atoms with Crippen molar-refractivity contribution in [2.45, 2.75) is 52.2 Å². The number of benzene rings is 2. The first-order chi connectivity index (χ1) is 18.2. The number of fused-ring (bicyclic) bond motifs is 1. The highest BCUT2D eigenvalue weighted by Crippen LogP contribution is 2.31. The number of halogens is 3. The number of carbonyl (C=O) groups is 1. The molecule has 1 saturated heterocycles. The fourth-order valence-electron chi connectivity index (χ4n) is 5.45. The van der Waals surface area contributed by atoms with E-state index >= 15 is 0 Å². The Bertz CT molecular complexity index is 1260. The van der Waals surface area contributed by atoms with Crippen molar-refractivity contribution in [2.75, 3.05) is 13.1 Å². The Kier molecular flexibility index (Phi) is 7.67. The monoisotopic (exact) mass is 525 g/mol. The summed E-state index contributed by atoms with van der Waals surface area (Å²) in [5.41, 5.74) is 6.16. The lowest BCUT2D eigenvalue weighted by molar-refractivity contribution is -0.444. The van der Waals surface area contributed by atoms with Gasteiger partial charge < -0.3 is 9.79 Å². The van der Waals surface area contributed by atoms with Gasteiger partial charge in [0.05, 0.1) is 0 Å². The van der Waals surface area contributed by atoms with Gasteiger partial charge in [-0.2, -0.15) is 0 Å². The van der Waals surface area contributed by atoms with Crippen LogP contribution in [0.3, 0.4) is 0 Å². The van der Waals surface area contributed by atoms with E-state index in [1.165, 1.54) is 23.3 Å². The number of piperidine rings is 1. The van der Waals surface area contributed by atoms with E-state index in [9.17, 15) is 18.0 Å². The van der Waals surface area contributed by atoms with Crippen LogP contribution in [-0.2, 0) is 30.9 Å². The SMILES string of the molecule is Cc1cc(CC2CCN(Cc3ccncc3)CC2)cc2c1C(=O)N(Cc1ccc(OOC(F)(F)F)cc1)C2. The van der Waals surface area contributed by atoms with Gasteiger partial charge in [0.15, 0.2) is 5.75 Å². The molecule has 0 N–H and O–H groups in total. The lowest BCUT2D eigenvalue weighted by atomic mass is 9.88. The lowest BCUT2D eigenvalue weighted by Gasteiger charge is -2.32. The maximum Gasteiger partial charge on any atom is 0.558 e. The van der Waals surface area contributed by atoms with Crippen molar-refractivity contribution in [3.63, 3.8) is 0 Å². The Hall–Kier alpha value is -3.43. The number of amides is 1. The molecule has 1 amide bonds. The third kappa shape index (κ3) is 6.52. The quantitative estimate of drug-likeness (QED) is 0.274. The van der Waals surface area contributed by atoms with Crippen molar-refractivity contribution in [3.05, 3.63) is 94.3 Å². The molecule has 3 aromatic rings. The zero-order valence-electron chi connectivity index (χ0n) is 21.2. The second-order valence-corrected chi connectivity index (χ2v) is 10.1. The van der Waals surface area contributed by atoms with Gasteiger partial charge >= 0.3 is 6.36 Å². The first kappa shape index (κ1) is 26.2. The van der Waals surface area contributed by atoms with Gasteiger partial charge in [-0.3, -0.25) is 14.7 Å². The van der Waals surface area contributed by atoms with E-state index in [4.69, 9.17) is 0 Å². The molecule has 6 nitrogen and oxygen atoms in total. The number of pyridine rings is 1. The van der Waals surface area contributed by atoms with Crippen LogP contribution in [0.4, 0.5) is 13.2 Å². The van der Waals surface area contributed by atoms with Crippen LogP contribution in [0.25, 0.3) is 0 Å². The van der Waals surface area contributed by atoms with Gasteiger partial charge in [-0.05, 0) is 97.3 Å². The van der Waals surface area contributed by atoms with Crippen molar-refractivity contribution in [1.82, 2.24) is 14.8 Å². The smallest absolute Gasteiger partial charge is 0.330 e. The number of carbonyl (C=O) groups excluding carboxylic acids is 1. The molecular weight excluding hydrogens is 495 g/mol. The number of hydrogen-bond acceptors (Lipinski definition) is 5. The number of aromatic nitrogens is 1. The van der Waals surface area contributed by atoms with Gasteiger partial charge in [0.1, 0.15) is 0 Å². The molecule has 1 fully saturated rings. The summed E-state index contributed by atoms with van der Waals surface area (Å²) >= 11 is 0. The molecule has 2 aliphatic rings. The molecular formula is C29H30F3N3O3. The molecule has 0 atom stereocenters. The largest absolute Gasteiger partial charge is 0.558 e. The fourth-order valence-corrected chi connectivity index (χ4v) is 5.45. The van der Waals surface area contributed by atoms with E-state index in [1.807, 2.05) is 19.3 Å². The van der Waals surface area contributed by atoms with Crippen molar-refractivity contribution in [1.29, 1.82) is 0 Å². The van der Waals surface area contributed by atoms with E-state index in [1.54, 1.807) is 17.0 Å². The molecule has 2 aromatic carbocycles. The predicted octanol–water partition coefficient (Wildman–Crippen LogP) is 5.83. The van der Waals surface area contributed by atoms with Gasteiger partial charge in [0.25, 0.3) is 5.91 Å². The van der Waals surface area contributed by atoms with Crippen LogP contribution < -0.4 is 4.89 Å². The Labute approximate surface area is 219 Å². The van der Waals surface area contributed by atoms with Gasteiger partial charge in [-0.25, -0.2) is 0 Å². The average molecular weight is 526 g/mol. The molecule has 5 rings (SSSR count). The standard InChI is InChI=1S/C29H30F3N3O3/c1-20-14-24(15-21-8-12-34(13-9-21)17-23-6-10-33-11-7-23)16-25-19-35(28(36)27(20)25)18-22-2-4-26(5-3-22)37-38-29(30,31)32/h2-7,10-11,14,16,21H,8-9,12-13,15,17-19H2,1H3. The first-order valence-corrected chi connectivity index (χ1v) is 12.8. The highest BCUT2D eigenvalue weighted by Gasteiger charge is 2.32. The molecule has 1 aromatic heterocycles. The van der Waals surface area contributed by atoms with Crippen molar-refractivity contribution < 1.29 is 27.7 Å². The minimum absolute atomic E-state index is 0.0193. The van der Waals surface area contributed by atoms with Gasteiger partial charge in [-0.1, -0.05) is 29.2 Å². The summed E-state index contributed by atoms with van der Waals surface area (Å²) in [7, 11) is 0. The molecule has 0 unspecified atom stereocenters. The Morgan fingerprint density at radius 2 is 1.63 bits per heavy atom. The fraction of sp³-hybridized carbons (Fsp3) is 0.379. The number of hydrogen-bond donors (Lipinski definition) is 0. The normalized spacial score (nSPS) is 16.6. The van der Waals surface area contributed by atoms with E-state index in [0.29, 0.717) is 19.0 Å². The molecule has 0 spiro atoms.